The number of nitrogen functional groups attached to an aromatic ring is 1. The Hall–Kier alpha value is -4.20. The molecule has 0 saturated carbocycles. The van der Waals surface area contributed by atoms with Crippen LogP contribution in [-0.2, 0) is 11.0 Å². The van der Waals surface area contributed by atoms with Gasteiger partial charge in [0.05, 0.1) is 16.9 Å². The normalized spacial score (nSPS) is 15.0. The van der Waals surface area contributed by atoms with E-state index in [2.05, 4.69) is 26.3 Å². The van der Waals surface area contributed by atoms with Crippen LogP contribution in [0.4, 0.5) is 40.7 Å². The first-order valence-corrected chi connectivity index (χ1v) is 11.9. The number of carbonyl (C=O) groups excluding carboxylic acids is 2. The van der Waals surface area contributed by atoms with Crippen LogP contribution in [0, 0.1) is 0 Å². The number of aliphatic imine (C=N–C) groups is 1. The quantitative estimate of drug-likeness (QED) is 0.105. The molecule has 0 radical (unpaired) electrons. The van der Waals surface area contributed by atoms with Gasteiger partial charge in [0, 0.05) is 30.9 Å². The molecule has 1 fully saturated rings. The van der Waals surface area contributed by atoms with Crippen LogP contribution in [0.25, 0.3) is 0 Å². The van der Waals surface area contributed by atoms with E-state index in [0.29, 0.717) is 50.3 Å². The first-order valence-electron chi connectivity index (χ1n) is 11.9. The Bertz CT molecular complexity index is 1150. The van der Waals surface area contributed by atoms with Crippen LogP contribution in [0.5, 0.6) is 5.75 Å². The number of hydrogen-bond acceptors (Lipinski definition) is 6. The Kier molecular flexibility index (Phi) is 9.60. The summed E-state index contributed by atoms with van der Waals surface area (Å²) in [5.74, 6) is -0.671. The highest BCUT2D eigenvalue weighted by Crippen LogP contribution is 2.42. The number of unbranched alkanes of at least 4 members (excludes halogenated alkanes) is 1. The van der Waals surface area contributed by atoms with Crippen LogP contribution in [0.15, 0.2) is 41.4 Å². The minimum atomic E-state index is -4.75. The van der Waals surface area contributed by atoms with Crippen molar-refractivity contribution in [3.8, 4) is 5.75 Å². The molecule has 2 aromatic rings. The summed E-state index contributed by atoms with van der Waals surface area (Å²) in [5.41, 5.74) is 15.5. The number of nitrogens with one attached hydrogen (secondary N) is 4. The van der Waals surface area contributed by atoms with Gasteiger partial charge in [-0.15, -0.1) is 0 Å². The van der Waals surface area contributed by atoms with Crippen molar-refractivity contribution in [2.24, 2.45) is 16.5 Å². The van der Waals surface area contributed by atoms with Gasteiger partial charge in [0.15, 0.2) is 11.7 Å². The van der Waals surface area contributed by atoms with Gasteiger partial charge < -0.3 is 43.2 Å². The van der Waals surface area contributed by atoms with Gasteiger partial charge in [0.2, 0.25) is 5.91 Å². The number of alkyl halides is 3. The molecule has 0 spiro atoms. The molecule has 0 bridgehead atoms. The number of urea groups is 1. The summed E-state index contributed by atoms with van der Waals surface area (Å²) in [4.78, 5) is 29.1. The minimum Gasteiger partial charge on any atom is -0.485 e. The summed E-state index contributed by atoms with van der Waals surface area (Å²) in [6.07, 6.45) is -3.61. The molecule has 3 rings (SSSR count). The fraction of sp³-hybridized carbons (Fsp3) is 0.375. The van der Waals surface area contributed by atoms with Gasteiger partial charge in [0.25, 0.3) is 0 Å². The summed E-state index contributed by atoms with van der Waals surface area (Å²) in [5, 5.41) is 10.6. The molecule has 2 aromatic carbocycles. The van der Waals surface area contributed by atoms with Gasteiger partial charge >= 0.3 is 12.2 Å². The second kappa shape index (κ2) is 12.9. The number of benzene rings is 2. The van der Waals surface area contributed by atoms with E-state index < -0.39 is 23.7 Å². The number of anilines is 4. The maximum absolute atomic E-state index is 13.8. The van der Waals surface area contributed by atoms with Crippen molar-refractivity contribution in [2.75, 3.05) is 41.3 Å². The van der Waals surface area contributed by atoms with Gasteiger partial charge in [-0.1, -0.05) is 0 Å². The van der Waals surface area contributed by atoms with Crippen molar-refractivity contribution >= 4 is 40.6 Å². The number of nitrogens with zero attached hydrogens (tertiary/aromatic N) is 1. The van der Waals surface area contributed by atoms with E-state index >= 15 is 0 Å². The number of ether oxygens (including phenoxy) is 1. The number of carbonyl (C=O) groups is 2. The number of hydrogen-bond donors (Lipinski definition) is 7. The number of nitrogens with two attached hydrogens (primary N) is 3. The Morgan fingerprint density at radius 1 is 1.05 bits per heavy atom. The third-order valence-electron chi connectivity index (χ3n) is 5.51. The summed E-state index contributed by atoms with van der Waals surface area (Å²) in [6, 6.07) is 6.96. The topological polar surface area (TPSA) is 182 Å². The molecule has 3 amide bonds. The van der Waals surface area contributed by atoms with Gasteiger partial charge in [-0.3, -0.25) is 9.79 Å². The molecule has 0 aromatic heterocycles. The molecule has 1 aliphatic heterocycles. The Labute approximate surface area is 217 Å². The highest BCUT2D eigenvalue weighted by Gasteiger charge is 2.34. The van der Waals surface area contributed by atoms with Crippen molar-refractivity contribution < 1.29 is 27.5 Å². The predicted molar refractivity (Wildman–Crippen MR) is 140 cm³/mol. The van der Waals surface area contributed by atoms with Crippen LogP contribution in [0.3, 0.4) is 0 Å². The Balaban J connectivity index is 1.86. The largest absolute Gasteiger partial charge is 0.485 e. The van der Waals surface area contributed by atoms with Crippen molar-refractivity contribution in [2.45, 2.75) is 38.0 Å². The van der Waals surface area contributed by atoms with Crippen LogP contribution < -0.4 is 43.2 Å². The lowest BCUT2D eigenvalue weighted by atomic mass is 10.1. The summed E-state index contributed by atoms with van der Waals surface area (Å²) in [6.45, 7) is 1.43. The van der Waals surface area contributed by atoms with Crippen LogP contribution in [0.1, 0.15) is 31.2 Å². The third kappa shape index (κ3) is 8.73. The molecule has 1 unspecified atom stereocenters. The summed E-state index contributed by atoms with van der Waals surface area (Å²) < 4.78 is 47.3. The molecule has 11 nitrogen and oxygen atoms in total. The van der Waals surface area contributed by atoms with Gasteiger partial charge in [-0.25, -0.2) is 4.79 Å². The summed E-state index contributed by atoms with van der Waals surface area (Å²) in [7, 11) is 0. The standard InChI is InChI=1S/C24H31F3N8O3/c25-24(26,27)14-11-18(34-20(36)3-1-2-9-32-22(29)30)21(38-17-8-10-31-13-17)19(12-14)35-23(37)33-16-6-4-15(28)5-7-16/h4-7,11-12,17,31H,1-3,8-10,13,28H2,(H,34,36)(H4,29,30,32)(H2,33,35,37). The van der Waals surface area contributed by atoms with Crippen LogP contribution >= 0.6 is 0 Å². The van der Waals surface area contributed by atoms with E-state index in [4.69, 9.17) is 21.9 Å². The number of guanidine groups is 1. The highest BCUT2D eigenvalue weighted by molar-refractivity contribution is 6.02. The molecular weight excluding hydrogens is 505 g/mol. The number of amides is 3. The number of halogens is 3. The van der Waals surface area contributed by atoms with Crippen LogP contribution in [0.2, 0.25) is 0 Å². The van der Waals surface area contributed by atoms with E-state index in [1.165, 1.54) is 0 Å². The monoisotopic (exact) mass is 536 g/mol. The predicted octanol–water partition coefficient (Wildman–Crippen LogP) is 3.05. The third-order valence-corrected chi connectivity index (χ3v) is 5.51. The zero-order valence-electron chi connectivity index (χ0n) is 20.5. The minimum absolute atomic E-state index is 0.0149. The zero-order chi connectivity index (χ0) is 27.7. The number of rotatable bonds is 10. The Morgan fingerprint density at radius 2 is 1.74 bits per heavy atom. The lowest BCUT2D eigenvalue weighted by molar-refractivity contribution is -0.137. The van der Waals surface area contributed by atoms with E-state index in [0.717, 1.165) is 12.1 Å². The second-order valence-electron chi connectivity index (χ2n) is 8.64. The van der Waals surface area contributed by atoms with E-state index in [1.807, 2.05) is 0 Å². The fourth-order valence-electron chi connectivity index (χ4n) is 3.67. The average Bonchev–Trinajstić information content (AvgIpc) is 3.34. The average molecular weight is 537 g/mol. The molecule has 1 aliphatic rings. The molecule has 1 atom stereocenters. The molecule has 206 valence electrons. The molecule has 1 heterocycles. The van der Waals surface area contributed by atoms with E-state index in [-0.39, 0.29) is 35.6 Å². The van der Waals surface area contributed by atoms with Crippen molar-refractivity contribution in [3.05, 3.63) is 42.0 Å². The van der Waals surface area contributed by atoms with Gasteiger partial charge in [-0.2, -0.15) is 13.2 Å². The van der Waals surface area contributed by atoms with Gasteiger partial charge in [0.1, 0.15) is 6.10 Å². The molecule has 14 heteroatoms. The highest BCUT2D eigenvalue weighted by atomic mass is 19.4. The Morgan fingerprint density at radius 3 is 2.34 bits per heavy atom. The molecular formula is C24H31F3N8O3. The fourth-order valence-corrected chi connectivity index (χ4v) is 3.67. The summed E-state index contributed by atoms with van der Waals surface area (Å²) >= 11 is 0. The van der Waals surface area contributed by atoms with Crippen molar-refractivity contribution in [1.82, 2.24) is 5.32 Å². The molecule has 10 N–H and O–H groups in total. The van der Waals surface area contributed by atoms with E-state index in [1.54, 1.807) is 24.3 Å². The lowest BCUT2D eigenvalue weighted by Crippen LogP contribution is -2.25. The molecule has 1 saturated heterocycles. The van der Waals surface area contributed by atoms with Gasteiger partial charge in [-0.05, 0) is 62.2 Å². The van der Waals surface area contributed by atoms with Crippen molar-refractivity contribution in [3.63, 3.8) is 0 Å². The molecule has 0 aliphatic carbocycles. The SMILES string of the molecule is NC(N)=NCCCCC(=O)Nc1cc(C(F)(F)F)cc(NC(=O)Nc2ccc(N)cc2)c1OC1CCNC1. The maximum Gasteiger partial charge on any atom is 0.416 e. The smallest absolute Gasteiger partial charge is 0.416 e. The molecule has 38 heavy (non-hydrogen) atoms. The second-order valence-corrected chi connectivity index (χ2v) is 8.64. The first-order chi connectivity index (χ1) is 18.0. The first kappa shape index (κ1) is 28.4. The zero-order valence-corrected chi connectivity index (χ0v) is 20.5. The maximum atomic E-state index is 13.8. The lowest BCUT2D eigenvalue weighted by Gasteiger charge is -2.22. The van der Waals surface area contributed by atoms with Crippen molar-refractivity contribution in [1.29, 1.82) is 0 Å². The van der Waals surface area contributed by atoms with Crippen LogP contribution in [-0.4, -0.2) is 43.6 Å². The van der Waals surface area contributed by atoms with E-state index in [9.17, 15) is 22.8 Å².